The Labute approximate surface area is 199 Å². The van der Waals surface area contributed by atoms with Crippen molar-refractivity contribution >= 4 is 43.3 Å². The zero-order valence-electron chi connectivity index (χ0n) is 19.1. The number of amides is 1. The molecule has 1 aromatic heterocycles. The SMILES string of the molecule is CCN(c1ccc(C(=O)Nc2ccc(S(=O)(=O)Nc3nc(C)cc(C)n3)cc2)cc1)S(C)(=O)=O. The van der Waals surface area contributed by atoms with E-state index < -0.39 is 26.0 Å². The van der Waals surface area contributed by atoms with Gasteiger partial charge in [-0.25, -0.2) is 31.5 Å². The average Bonchev–Trinajstić information content (AvgIpc) is 2.73. The summed E-state index contributed by atoms with van der Waals surface area (Å²) in [7, 11) is -7.33. The first-order valence-corrected chi connectivity index (χ1v) is 13.6. The molecular formula is C22H25N5O5S2. The van der Waals surface area contributed by atoms with E-state index in [9.17, 15) is 21.6 Å². The first-order valence-electron chi connectivity index (χ1n) is 10.2. The Morgan fingerprint density at radius 3 is 1.97 bits per heavy atom. The second-order valence-electron chi connectivity index (χ2n) is 7.53. The third-order valence-electron chi connectivity index (χ3n) is 4.74. The lowest BCUT2D eigenvalue weighted by Crippen LogP contribution is -2.29. The van der Waals surface area contributed by atoms with Gasteiger partial charge < -0.3 is 5.32 Å². The number of nitrogens with zero attached hydrogens (tertiary/aromatic N) is 3. The van der Waals surface area contributed by atoms with E-state index in [4.69, 9.17) is 0 Å². The summed E-state index contributed by atoms with van der Waals surface area (Å²) in [5, 5.41) is 2.68. The summed E-state index contributed by atoms with van der Waals surface area (Å²) in [6, 6.07) is 13.5. The van der Waals surface area contributed by atoms with Crippen molar-refractivity contribution < 1.29 is 21.6 Å². The lowest BCUT2D eigenvalue weighted by molar-refractivity contribution is 0.102. The van der Waals surface area contributed by atoms with Gasteiger partial charge in [0.1, 0.15) is 0 Å². The van der Waals surface area contributed by atoms with Crippen LogP contribution in [0.1, 0.15) is 28.7 Å². The van der Waals surface area contributed by atoms with E-state index in [0.717, 1.165) is 6.26 Å². The minimum atomic E-state index is -3.91. The molecule has 0 bridgehead atoms. The number of carbonyl (C=O) groups is 1. The van der Waals surface area contributed by atoms with Crippen molar-refractivity contribution in [1.82, 2.24) is 9.97 Å². The largest absolute Gasteiger partial charge is 0.322 e. The summed E-state index contributed by atoms with van der Waals surface area (Å²) in [6.45, 7) is 5.46. The second-order valence-corrected chi connectivity index (χ2v) is 11.1. The lowest BCUT2D eigenvalue weighted by atomic mass is 10.2. The maximum atomic E-state index is 12.6. The number of carbonyl (C=O) groups excluding carboxylic acids is 1. The number of nitrogens with one attached hydrogen (secondary N) is 2. The predicted octanol–water partition coefficient (Wildman–Crippen LogP) is 2.93. The Kier molecular flexibility index (Phi) is 7.22. The normalized spacial score (nSPS) is 11.6. The molecule has 0 aliphatic carbocycles. The van der Waals surface area contributed by atoms with Gasteiger partial charge in [-0.1, -0.05) is 0 Å². The van der Waals surface area contributed by atoms with Crippen LogP contribution in [-0.4, -0.2) is 45.5 Å². The predicted molar refractivity (Wildman–Crippen MR) is 131 cm³/mol. The molecule has 10 nitrogen and oxygen atoms in total. The number of aromatic nitrogens is 2. The van der Waals surface area contributed by atoms with Gasteiger partial charge in [0.05, 0.1) is 16.8 Å². The van der Waals surface area contributed by atoms with E-state index >= 15 is 0 Å². The molecule has 0 fully saturated rings. The van der Waals surface area contributed by atoms with Crippen LogP contribution in [0.2, 0.25) is 0 Å². The molecule has 1 amide bonds. The van der Waals surface area contributed by atoms with Gasteiger partial charge in [-0.05, 0) is 75.4 Å². The molecular weight excluding hydrogens is 478 g/mol. The number of hydrogen-bond donors (Lipinski definition) is 2. The number of rotatable bonds is 8. The number of hydrogen-bond acceptors (Lipinski definition) is 7. The van der Waals surface area contributed by atoms with Crippen LogP contribution >= 0.6 is 0 Å². The highest BCUT2D eigenvalue weighted by Crippen LogP contribution is 2.20. The molecule has 0 unspecified atom stereocenters. The molecule has 0 atom stereocenters. The van der Waals surface area contributed by atoms with Crippen molar-refractivity contribution in [1.29, 1.82) is 0 Å². The summed E-state index contributed by atoms with van der Waals surface area (Å²) in [5.74, 6) is -0.442. The molecule has 3 rings (SSSR count). The Hall–Kier alpha value is -3.51. The molecule has 1 heterocycles. The van der Waals surface area contributed by atoms with Crippen LogP contribution in [0.5, 0.6) is 0 Å². The van der Waals surface area contributed by atoms with Crippen LogP contribution in [0, 0.1) is 13.8 Å². The molecule has 180 valence electrons. The van der Waals surface area contributed by atoms with Crippen LogP contribution in [0.15, 0.2) is 59.5 Å². The van der Waals surface area contributed by atoms with Crippen LogP contribution in [0.25, 0.3) is 0 Å². The molecule has 0 saturated heterocycles. The maximum Gasteiger partial charge on any atom is 0.264 e. The second kappa shape index (κ2) is 9.77. The average molecular weight is 504 g/mol. The highest BCUT2D eigenvalue weighted by molar-refractivity contribution is 7.92. The fourth-order valence-corrected chi connectivity index (χ4v) is 5.18. The minimum absolute atomic E-state index is 0.0157. The summed E-state index contributed by atoms with van der Waals surface area (Å²) < 4.78 is 52.5. The van der Waals surface area contributed by atoms with Crippen LogP contribution in [0.3, 0.4) is 0 Å². The highest BCUT2D eigenvalue weighted by Gasteiger charge is 2.18. The quantitative estimate of drug-likeness (QED) is 0.482. The molecule has 2 aromatic carbocycles. The Morgan fingerprint density at radius 1 is 0.912 bits per heavy atom. The first-order chi connectivity index (χ1) is 15.9. The standard InChI is InChI=1S/C22H25N5O5S2/c1-5-27(33(4,29)30)19-10-6-17(7-11-19)21(28)25-18-8-12-20(13-9-18)34(31,32)26-22-23-15(2)14-16(3)24-22/h6-14H,5H2,1-4H3,(H,25,28)(H,23,24,26). The molecule has 12 heteroatoms. The third-order valence-corrected chi connectivity index (χ3v) is 7.35. The van der Waals surface area contributed by atoms with Crippen molar-refractivity contribution in [2.75, 3.05) is 27.1 Å². The van der Waals surface area contributed by atoms with E-state index in [1.54, 1.807) is 39.0 Å². The van der Waals surface area contributed by atoms with E-state index in [2.05, 4.69) is 20.0 Å². The van der Waals surface area contributed by atoms with Crippen molar-refractivity contribution in [2.45, 2.75) is 25.7 Å². The Bertz CT molecular complexity index is 1380. The molecule has 0 spiro atoms. The topological polar surface area (TPSA) is 138 Å². The summed E-state index contributed by atoms with van der Waals surface area (Å²) in [5.41, 5.74) is 2.43. The number of benzene rings is 2. The van der Waals surface area contributed by atoms with Gasteiger partial charge in [0.25, 0.3) is 15.9 Å². The number of aryl methyl sites for hydroxylation is 2. The summed E-state index contributed by atoms with van der Waals surface area (Å²) >= 11 is 0. The lowest BCUT2D eigenvalue weighted by Gasteiger charge is -2.20. The smallest absolute Gasteiger partial charge is 0.264 e. The van der Waals surface area contributed by atoms with Crippen LogP contribution < -0.4 is 14.3 Å². The highest BCUT2D eigenvalue weighted by atomic mass is 32.2. The van der Waals surface area contributed by atoms with Gasteiger partial charge in [-0.2, -0.15) is 0 Å². The maximum absolute atomic E-state index is 12.6. The fraction of sp³-hybridized carbons (Fsp3) is 0.227. The van der Waals surface area contributed by atoms with Gasteiger partial charge in [-0.15, -0.1) is 0 Å². The van der Waals surface area contributed by atoms with E-state index in [1.807, 2.05) is 0 Å². The van der Waals surface area contributed by atoms with Gasteiger partial charge in [-0.3, -0.25) is 9.10 Å². The number of anilines is 3. The van der Waals surface area contributed by atoms with E-state index in [0.29, 0.717) is 28.3 Å². The monoisotopic (exact) mass is 503 g/mol. The molecule has 0 saturated carbocycles. The van der Waals surface area contributed by atoms with E-state index in [-0.39, 0.29) is 17.4 Å². The van der Waals surface area contributed by atoms with E-state index in [1.165, 1.54) is 40.7 Å². The molecule has 0 radical (unpaired) electrons. The van der Waals surface area contributed by atoms with Crippen molar-refractivity contribution in [3.8, 4) is 0 Å². The molecule has 0 aliphatic rings. The zero-order valence-corrected chi connectivity index (χ0v) is 20.7. The molecule has 3 aromatic rings. The van der Waals surface area contributed by atoms with Gasteiger partial charge in [0.15, 0.2) is 0 Å². The molecule has 34 heavy (non-hydrogen) atoms. The van der Waals surface area contributed by atoms with Crippen molar-refractivity contribution in [3.05, 3.63) is 71.5 Å². The Balaban J connectivity index is 1.71. The minimum Gasteiger partial charge on any atom is -0.322 e. The fourth-order valence-electron chi connectivity index (χ4n) is 3.26. The summed E-state index contributed by atoms with van der Waals surface area (Å²) in [4.78, 5) is 20.7. The zero-order chi connectivity index (χ0) is 25.1. The van der Waals surface area contributed by atoms with Gasteiger partial charge in [0, 0.05) is 29.2 Å². The van der Waals surface area contributed by atoms with Crippen molar-refractivity contribution in [2.24, 2.45) is 0 Å². The van der Waals surface area contributed by atoms with Gasteiger partial charge in [0.2, 0.25) is 16.0 Å². The summed E-state index contributed by atoms with van der Waals surface area (Å²) in [6.07, 6.45) is 1.12. The van der Waals surface area contributed by atoms with Crippen LogP contribution in [-0.2, 0) is 20.0 Å². The molecule has 2 N–H and O–H groups in total. The molecule has 0 aliphatic heterocycles. The van der Waals surface area contributed by atoms with Crippen LogP contribution in [0.4, 0.5) is 17.3 Å². The van der Waals surface area contributed by atoms with Gasteiger partial charge >= 0.3 is 0 Å². The Morgan fingerprint density at radius 2 is 1.47 bits per heavy atom. The first kappa shape index (κ1) is 25.1. The third kappa shape index (κ3) is 6.08. The number of sulfonamides is 2. The van der Waals surface area contributed by atoms with Crippen molar-refractivity contribution in [3.63, 3.8) is 0 Å².